The van der Waals surface area contributed by atoms with E-state index in [-0.39, 0.29) is 17.7 Å². The first kappa shape index (κ1) is 19.7. The van der Waals surface area contributed by atoms with E-state index in [0.717, 1.165) is 50.3 Å². The lowest BCUT2D eigenvalue weighted by Gasteiger charge is -2.43. The highest BCUT2D eigenvalue weighted by Gasteiger charge is 2.30. The summed E-state index contributed by atoms with van der Waals surface area (Å²) in [5, 5.41) is 11.5. The van der Waals surface area contributed by atoms with Crippen LogP contribution in [0.15, 0.2) is 24.3 Å². The van der Waals surface area contributed by atoms with Gasteiger partial charge in [-0.3, -0.25) is 19.8 Å². The van der Waals surface area contributed by atoms with Crippen molar-refractivity contribution in [3.8, 4) is 0 Å². The number of anilines is 1. The van der Waals surface area contributed by atoms with Gasteiger partial charge in [0.2, 0.25) is 11.8 Å². The van der Waals surface area contributed by atoms with Crippen LogP contribution in [0, 0.1) is 0 Å². The van der Waals surface area contributed by atoms with Crippen molar-refractivity contribution in [2.24, 2.45) is 0 Å². The first-order valence-corrected chi connectivity index (χ1v) is 10.4. The van der Waals surface area contributed by atoms with Gasteiger partial charge in [0.1, 0.15) is 0 Å². The minimum absolute atomic E-state index is 0.186. The van der Waals surface area contributed by atoms with Crippen molar-refractivity contribution in [3.63, 3.8) is 0 Å². The number of hydrogen-bond donors (Lipinski definition) is 2. The number of carbonyl (C=O) groups excluding carboxylic acids is 2. The number of rotatable bonds is 3. The fourth-order valence-electron chi connectivity index (χ4n) is 4.70. The summed E-state index contributed by atoms with van der Waals surface area (Å²) < 4.78 is 0. The normalized spacial score (nSPS) is 24.5. The Morgan fingerprint density at radius 2 is 1.59 bits per heavy atom. The lowest BCUT2D eigenvalue weighted by Crippen LogP contribution is -2.53. The molecule has 0 bridgehead atoms. The molecule has 1 aromatic carbocycles. The molecule has 3 aliphatic rings. The number of hydrogen-bond acceptors (Lipinski definition) is 5. The van der Waals surface area contributed by atoms with Crippen LogP contribution in [-0.4, -0.2) is 78.1 Å². The van der Waals surface area contributed by atoms with E-state index in [1.165, 1.54) is 4.90 Å². The Bertz CT molecular complexity index is 765. The van der Waals surface area contributed by atoms with Gasteiger partial charge in [0.25, 0.3) is 0 Å². The van der Waals surface area contributed by atoms with Gasteiger partial charge in [-0.2, -0.15) is 0 Å². The molecule has 1 atom stereocenters. The number of imide groups is 1. The minimum Gasteiger partial charge on any atom is -0.465 e. The molecule has 156 valence electrons. The predicted molar refractivity (Wildman–Crippen MR) is 108 cm³/mol. The lowest BCUT2D eigenvalue weighted by molar-refractivity contribution is -0.134. The number of piperidine rings is 2. The molecule has 3 fully saturated rings. The van der Waals surface area contributed by atoms with Crippen LogP contribution in [0.2, 0.25) is 0 Å². The molecule has 0 aromatic heterocycles. The Labute approximate surface area is 170 Å². The molecule has 0 saturated carbocycles. The van der Waals surface area contributed by atoms with E-state index in [1.54, 1.807) is 0 Å². The lowest BCUT2D eigenvalue weighted by atomic mass is 9.90. The third-order valence-electron chi connectivity index (χ3n) is 6.47. The smallest absolute Gasteiger partial charge is 0.407 e. The molecule has 29 heavy (non-hydrogen) atoms. The first-order valence-electron chi connectivity index (χ1n) is 10.4. The quantitative estimate of drug-likeness (QED) is 0.747. The molecular weight excluding hydrogens is 372 g/mol. The topological polar surface area (TPSA) is 93.2 Å². The molecule has 2 N–H and O–H groups in total. The highest BCUT2D eigenvalue weighted by molar-refractivity contribution is 6.00. The van der Waals surface area contributed by atoms with Crippen LogP contribution in [0.4, 0.5) is 10.5 Å². The summed E-state index contributed by atoms with van der Waals surface area (Å²) in [5.74, 6) is -0.624. The highest BCUT2D eigenvalue weighted by atomic mass is 16.4. The Balaban J connectivity index is 1.29. The number of nitrogens with zero attached hydrogens (tertiary/aromatic N) is 3. The van der Waals surface area contributed by atoms with Crippen molar-refractivity contribution in [2.75, 3.05) is 44.2 Å². The second-order valence-corrected chi connectivity index (χ2v) is 8.12. The molecule has 3 amide bonds. The Morgan fingerprint density at radius 1 is 0.931 bits per heavy atom. The molecule has 0 radical (unpaired) electrons. The summed E-state index contributed by atoms with van der Waals surface area (Å²) >= 11 is 0. The third-order valence-corrected chi connectivity index (χ3v) is 6.47. The molecular formula is C21H28N4O4. The van der Waals surface area contributed by atoms with E-state index >= 15 is 0 Å². The monoisotopic (exact) mass is 400 g/mol. The van der Waals surface area contributed by atoms with Gasteiger partial charge in [-0.1, -0.05) is 12.1 Å². The van der Waals surface area contributed by atoms with Crippen LogP contribution in [-0.2, 0) is 9.59 Å². The van der Waals surface area contributed by atoms with Crippen LogP contribution < -0.4 is 10.2 Å². The SMILES string of the molecule is O=C1CC[C@@H](c2ccc(N3CCN(C4CCN(C(=O)O)CC4)CC3)cc2)C(=O)N1. The Kier molecular flexibility index (Phi) is 5.71. The Morgan fingerprint density at radius 3 is 2.17 bits per heavy atom. The summed E-state index contributed by atoms with van der Waals surface area (Å²) in [6.07, 6.45) is 1.98. The third kappa shape index (κ3) is 4.37. The highest BCUT2D eigenvalue weighted by Crippen LogP contribution is 2.27. The molecule has 1 aromatic rings. The van der Waals surface area contributed by atoms with Gasteiger partial charge in [-0.25, -0.2) is 4.79 Å². The summed E-state index contributed by atoms with van der Waals surface area (Å²) in [5.41, 5.74) is 2.11. The second-order valence-electron chi connectivity index (χ2n) is 8.12. The zero-order chi connectivity index (χ0) is 20.4. The molecule has 3 heterocycles. The van der Waals surface area contributed by atoms with Gasteiger partial charge in [-0.05, 0) is 37.0 Å². The zero-order valence-corrected chi connectivity index (χ0v) is 16.5. The zero-order valence-electron chi connectivity index (χ0n) is 16.5. The van der Waals surface area contributed by atoms with Crippen LogP contribution >= 0.6 is 0 Å². The summed E-state index contributed by atoms with van der Waals surface area (Å²) in [4.78, 5) is 40.8. The maximum atomic E-state index is 12.1. The average molecular weight is 400 g/mol. The molecule has 0 spiro atoms. The largest absolute Gasteiger partial charge is 0.465 e. The molecule has 3 aliphatic heterocycles. The van der Waals surface area contributed by atoms with Crippen LogP contribution in [0.1, 0.15) is 37.2 Å². The molecule has 4 rings (SSSR count). The maximum Gasteiger partial charge on any atom is 0.407 e. The van der Waals surface area contributed by atoms with Gasteiger partial charge in [-0.15, -0.1) is 0 Å². The van der Waals surface area contributed by atoms with Crippen LogP contribution in [0.5, 0.6) is 0 Å². The predicted octanol–water partition coefficient (Wildman–Crippen LogP) is 1.47. The van der Waals surface area contributed by atoms with Crippen molar-refractivity contribution < 1.29 is 19.5 Å². The van der Waals surface area contributed by atoms with E-state index in [9.17, 15) is 14.4 Å². The van der Waals surface area contributed by atoms with Crippen molar-refractivity contribution >= 4 is 23.6 Å². The number of nitrogens with one attached hydrogen (secondary N) is 1. The van der Waals surface area contributed by atoms with Gasteiger partial charge in [0.15, 0.2) is 0 Å². The number of likely N-dealkylation sites (tertiary alicyclic amines) is 1. The number of carboxylic acid groups (broad SMARTS) is 1. The number of benzene rings is 1. The van der Waals surface area contributed by atoms with E-state index in [1.807, 2.05) is 12.1 Å². The average Bonchev–Trinajstić information content (AvgIpc) is 2.74. The molecule has 0 unspecified atom stereocenters. The first-order chi connectivity index (χ1) is 14.0. The maximum absolute atomic E-state index is 12.1. The van der Waals surface area contributed by atoms with Gasteiger partial charge >= 0.3 is 6.09 Å². The van der Waals surface area contributed by atoms with E-state index in [2.05, 4.69) is 27.2 Å². The standard InChI is InChI=1S/C21H28N4O4/c26-19-6-5-18(20(27)22-19)15-1-3-16(4-2-15)23-11-13-24(14-12-23)17-7-9-25(10-8-17)21(28)29/h1-4,17-18H,5-14H2,(H,28,29)(H,22,26,27)/t18-/m0/s1. The Hall–Kier alpha value is -2.61. The van der Waals surface area contributed by atoms with E-state index < -0.39 is 6.09 Å². The van der Waals surface area contributed by atoms with Crippen LogP contribution in [0.25, 0.3) is 0 Å². The van der Waals surface area contributed by atoms with Crippen molar-refractivity contribution in [2.45, 2.75) is 37.6 Å². The van der Waals surface area contributed by atoms with Gasteiger partial charge in [0, 0.05) is 57.4 Å². The fraction of sp³-hybridized carbons (Fsp3) is 0.571. The van der Waals surface area contributed by atoms with E-state index in [4.69, 9.17) is 5.11 Å². The molecule has 8 nitrogen and oxygen atoms in total. The second kappa shape index (κ2) is 8.41. The van der Waals surface area contributed by atoms with Gasteiger partial charge < -0.3 is 14.9 Å². The summed E-state index contributed by atoms with van der Waals surface area (Å²) in [7, 11) is 0. The number of amides is 3. The molecule has 3 saturated heterocycles. The van der Waals surface area contributed by atoms with Crippen molar-refractivity contribution in [1.29, 1.82) is 0 Å². The number of carbonyl (C=O) groups is 3. The van der Waals surface area contributed by atoms with E-state index in [0.29, 0.717) is 32.0 Å². The molecule has 8 heteroatoms. The van der Waals surface area contributed by atoms with Crippen LogP contribution in [0.3, 0.4) is 0 Å². The van der Waals surface area contributed by atoms with Gasteiger partial charge in [0.05, 0.1) is 5.92 Å². The number of piperazine rings is 1. The summed E-state index contributed by atoms with van der Waals surface area (Å²) in [6, 6.07) is 8.62. The summed E-state index contributed by atoms with van der Waals surface area (Å²) in [6.45, 7) is 5.09. The molecule has 0 aliphatic carbocycles. The minimum atomic E-state index is -0.811. The fourth-order valence-corrected chi connectivity index (χ4v) is 4.70. The van der Waals surface area contributed by atoms with Crippen molar-refractivity contribution in [3.05, 3.63) is 29.8 Å². The van der Waals surface area contributed by atoms with Crippen molar-refractivity contribution in [1.82, 2.24) is 15.1 Å².